The maximum atomic E-state index is 13.0. The molecule has 35 heavy (non-hydrogen) atoms. The monoisotopic (exact) mass is 470 g/mol. The highest BCUT2D eigenvalue weighted by atomic mass is 16.5. The van der Waals surface area contributed by atoms with Gasteiger partial charge in [0.05, 0.1) is 11.4 Å². The molecule has 3 aromatic carbocycles. The molecule has 0 saturated carbocycles. The summed E-state index contributed by atoms with van der Waals surface area (Å²) < 4.78 is 5.07. The summed E-state index contributed by atoms with van der Waals surface area (Å²) in [4.78, 5) is 34.3. The molecule has 4 rings (SSSR count). The van der Waals surface area contributed by atoms with E-state index < -0.39 is 5.92 Å². The fourth-order valence-corrected chi connectivity index (χ4v) is 4.13. The first kappa shape index (κ1) is 24.3. The van der Waals surface area contributed by atoms with Crippen LogP contribution in [0.5, 0.6) is 0 Å². The number of methoxy groups -OCH3 is 1. The van der Waals surface area contributed by atoms with E-state index >= 15 is 0 Å². The average molecular weight is 471 g/mol. The van der Waals surface area contributed by atoms with Crippen molar-refractivity contribution in [2.24, 2.45) is 4.99 Å². The second-order valence-corrected chi connectivity index (χ2v) is 8.67. The van der Waals surface area contributed by atoms with Crippen molar-refractivity contribution in [1.82, 2.24) is 4.90 Å². The summed E-state index contributed by atoms with van der Waals surface area (Å²) in [5, 5.41) is 2.98. The topological polar surface area (TPSA) is 74.2 Å². The second kappa shape index (κ2) is 11.1. The Balaban J connectivity index is 1.69. The molecular weight excluding hydrogens is 440 g/mol. The lowest BCUT2D eigenvalue weighted by atomic mass is 9.90. The van der Waals surface area contributed by atoms with Crippen LogP contribution in [0.3, 0.4) is 0 Å². The SMILES string of the molecule is COCC(=O)N(CCN(C)C)c1ccc(N=C(c2ccccc2)C2C(=O)Nc3ccccc32)cc1. The first-order valence-corrected chi connectivity index (χ1v) is 11.6. The normalized spacial score (nSPS) is 15.1. The number of benzene rings is 3. The smallest absolute Gasteiger partial charge is 0.252 e. The van der Waals surface area contributed by atoms with Gasteiger partial charge < -0.3 is 19.9 Å². The Morgan fingerprint density at radius 1 is 0.943 bits per heavy atom. The number of likely N-dealkylation sites (N-methyl/N-ethyl adjacent to an activating group) is 1. The standard InChI is InChI=1S/C28H30N4O3/c1-31(2)17-18-32(25(33)19-35-3)22-15-13-21(14-16-22)29-27(20-9-5-4-6-10-20)26-23-11-7-8-12-24(23)30-28(26)34/h4-16,26H,17-19H2,1-3H3,(H,30,34). The Bertz CT molecular complexity index is 1210. The van der Waals surface area contributed by atoms with E-state index in [4.69, 9.17) is 9.73 Å². The van der Waals surface area contributed by atoms with E-state index in [0.29, 0.717) is 17.9 Å². The molecule has 7 heteroatoms. The molecule has 1 aliphatic rings. The molecule has 0 spiro atoms. The van der Waals surface area contributed by atoms with Crippen molar-refractivity contribution in [1.29, 1.82) is 0 Å². The summed E-state index contributed by atoms with van der Waals surface area (Å²) in [6.07, 6.45) is 0. The molecular formula is C28H30N4O3. The Morgan fingerprint density at radius 2 is 1.63 bits per heavy atom. The van der Waals surface area contributed by atoms with Crippen molar-refractivity contribution in [2.45, 2.75) is 5.92 Å². The lowest BCUT2D eigenvalue weighted by Crippen LogP contribution is -2.38. The fraction of sp³-hybridized carbons (Fsp3) is 0.250. The van der Waals surface area contributed by atoms with Gasteiger partial charge in [-0.25, -0.2) is 0 Å². The summed E-state index contributed by atoms with van der Waals surface area (Å²) in [5.41, 5.74) is 4.78. The molecule has 1 atom stereocenters. The number of hydrogen-bond donors (Lipinski definition) is 1. The van der Waals surface area contributed by atoms with Gasteiger partial charge in [0, 0.05) is 31.6 Å². The van der Waals surface area contributed by atoms with Gasteiger partial charge in [0.1, 0.15) is 12.5 Å². The van der Waals surface area contributed by atoms with Crippen LogP contribution in [0.2, 0.25) is 0 Å². The summed E-state index contributed by atoms with van der Waals surface area (Å²) in [5.74, 6) is -0.701. The molecule has 7 nitrogen and oxygen atoms in total. The Hall–Kier alpha value is -3.81. The van der Waals surface area contributed by atoms with Crippen molar-refractivity contribution >= 4 is 34.6 Å². The zero-order chi connectivity index (χ0) is 24.8. The molecule has 0 radical (unpaired) electrons. The van der Waals surface area contributed by atoms with E-state index in [1.807, 2.05) is 97.9 Å². The molecule has 3 aromatic rings. The second-order valence-electron chi connectivity index (χ2n) is 8.67. The Labute approximate surface area is 206 Å². The largest absolute Gasteiger partial charge is 0.375 e. The van der Waals surface area contributed by atoms with Crippen LogP contribution in [0.25, 0.3) is 0 Å². The predicted octanol–water partition coefficient (Wildman–Crippen LogP) is 4.08. The molecule has 1 N–H and O–H groups in total. The van der Waals surface area contributed by atoms with Crippen molar-refractivity contribution in [3.8, 4) is 0 Å². The summed E-state index contributed by atoms with van der Waals surface area (Å²) in [7, 11) is 5.46. The first-order valence-electron chi connectivity index (χ1n) is 11.6. The van der Waals surface area contributed by atoms with Crippen LogP contribution >= 0.6 is 0 Å². The highest BCUT2D eigenvalue weighted by Crippen LogP contribution is 2.36. The third-order valence-corrected chi connectivity index (χ3v) is 5.89. The molecule has 180 valence electrons. The van der Waals surface area contributed by atoms with Crippen LogP contribution in [0, 0.1) is 0 Å². The first-order chi connectivity index (χ1) is 17.0. The van der Waals surface area contributed by atoms with Gasteiger partial charge in [0.2, 0.25) is 5.91 Å². The van der Waals surface area contributed by atoms with E-state index in [1.165, 1.54) is 7.11 Å². The van der Waals surface area contributed by atoms with Gasteiger partial charge in [-0.2, -0.15) is 0 Å². The number of nitrogens with zero attached hydrogens (tertiary/aromatic N) is 3. The quantitative estimate of drug-likeness (QED) is 0.478. The molecule has 2 amide bonds. The number of hydrogen-bond acceptors (Lipinski definition) is 5. The Morgan fingerprint density at radius 3 is 2.31 bits per heavy atom. The van der Waals surface area contributed by atoms with Gasteiger partial charge in [-0.3, -0.25) is 14.6 Å². The van der Waals surface area contributed by atoms with Crippen molar-refractivity contribution in [3.63, 3.8) is 0 Å². The minimum Gasteiger partial charge on any atom is -0.375 e. The number of ether oxygens (including phenoxy) is 1. The van der Waals surface area contributed by atoms with E-state index in [-0.39, 0.29) is 18.4 Å². The van der Waals surface area contributed by atoms with Crippen LogP contribution in [-0.2, 0) is 14.3 Å². The summed E-state index contributed by atoms with van der Waals surface area (Å²) in [6, 6.07) is 25.0. The molecule has 0 aliphatic carbocycles. The number of fused-ring (bicyclic) bond motifs is 1. The number of nitrogens with one attached hydrogen (secondary N) is 1. The number of rotatable bonds is 9. The molecule has 1 heterocycles. The minimum atomic E-state index is -0.506. The lowest BCUT2D eigenvalue weighted by Gasteiger charge is -2.24. The summed E-state index contributed by atoms with van der Waals surface area (Å²) in [6.45, 7) is 1.29. The van der Waals surface area contributed by atoms with E-state index in [1.54, 1.807) is 4.90 Å². The van der Waals surface area contributed by atoms with Crippen LogP contribution < -0.4 is 10.2 Å². The van der Waals surface area contributed by atoms with Crippen LogP contribution in [0.1, 0.15) is 17.0 Å². The van der Waals surface area contributed by atoms with E-state index in [0.717, 1.165) is 29.0 Å². The fourth-order valence-electron chi connectivity index (χ4n) is 4.13. The van der Waals surface area contributed by atoms with Crippen LogP contribution in [0.4, 0.5) is 17.1 Å². The third kappa shape index (κ3) is 5.65. The number of aliphatic imine (C=N–C) groups is 1. The maximum Gasteiger partial charge on any atom is 0.252 e. The minimum absolute atomic E-state index is 0.0156. The zero-order valence-corrected chi connectivity index (χ0v) is 20.3. The number of carbonyl (C=O) groups is 2. The van der Waals surface area contributed by atoms with Crippen molar-refractivity contribution < 1.29 is 14.3 Å². The predicted molar refractivity (Wildman–Crippen MR) is 140 cm³/mol. The van der Waals surface area contributed by atoms with E-state index in [2.05, 4.69) is 5.32 Å². The highest BCUT2D eigenvalue weighted by molar-refractivity contribution is 6.24. The molecule has 0 bridgehead atoms. The van der Waals surface area contributed by atoms with Gasteiger partial charge in [0.15, 0.2) is 0 Å². The third-order valence-electron chi connectivity index (χ3n) is 5.89. The molecule has 0 aromatic heterocycles. The summed E-state index contributed by atoms with van der Waals surface area (Å²) >= 11 is 0. The van der Waals surface area contributed by atoms with Crippen molar-refractivity contribution in [2.75, 3.05) is 51.1 Å². The Kier molecular flexibility index (Phi) is 7.70. The number of anilines is 2. The van der Waals surface area contributed by atoms with Gasteiger partial charge in [0.25, 0.3) is 5.91 Å². The zero-order valence-electron chi connectivity index (χ0n) is 20.3. The molecule has 1 unspecified atom stereocenters. The van der Waals surface area contributed by atoms with Crippen LogP contribution in [-0.4, -0.2) is 63.3 Å². The van der Waals surface area contributed by atoms with Gasteiger partial charge in [-0.05, 0) is 55.6 Å². The van der Waals surface area contributed by atoms with E-state index in [9.17, 15) is 9.59 Å². The molecule has 0 saturated heterocycles. The van der Waals surface area contributed by atoms with Crippen molar-refractivity contribution in [3.05, 3.63) is 90.0 Å². The molecule has 0 fully saturated rings. The number of carbonyl (C=O) groups excluding carboxylic acids is 2. The lowest BCUT2D eigenvalue weighted by molar-refractivity contribution is -0.122. The van der Waals surface area contributed by atoms with Crippen LogP contribution in [0.15, 0.2) is 83.9 Å². The maximum absolute atomic E-state index is 13.0. The average Bonchev–Trinajstić information content (AvgIpc) is 3.19. The van der Waals surface area contributed by atoms with Gasteiger partial charge in [-0.15, -0.1) is 0 Å². The molecule has 1 aliphatic heterocycles. The van der Waals surface area contributed by atoms with Gasteiger partial charge >= 0.3 is 0 Å². The van der Waals surface area contributed by atoms with Gasteiger partial charge in [-0.1, -0.05) is 48.5 Å². The number of para-hydroxylation sites is 1. The number of amides is 2. The highest BCUT2D eigenvalue weighted by Gasteiger charge is 2.35.